The number of ether oxygens (including phenoxy) is 6. The highest BCUT2D eigenvalue weighted by Crippen LogP contribution is 2.36. The Hall–Kier alpha value is -5.02. The van der Waals surface area contributed by atoms with E-state index in [1.807, 2.05) is 88.4 Å². The Kier molecular flexibility index (Phi) is 23.4. The van der Waals surface area contributed by atoms with E-state index in [9.17, 15) is 53.5 Å². The van der Waals surface area contributed by atoms with Gasteiger partial charge in [0.05, 0.1) is 92.7 Å². The van der Waals surface area contributed by atoms with Gasteiger partial charge in [0.25, 0.3) is 0 Å². The Morgan fingerprint density at radius 3 is 1.42 bits per heavy atom. The molecule has 4 aromatic carbocycles. The summed E-state index contributed by atoms with van der Waals surface area (Å²) >= 11 is 0. The zero-order valence-corrected chi connectivity index (χ0v) is 51.9. The van der Waals surface area contributed by atoms with Crippen molar-refractivity contribution in [2.45, 2.75) is 99.3 Å². The van der Waals surface area contributed by atoms with Gasteiger partial charge in [0.1, 0.15) is 29.0 Å². The molecule has 84 heavy (non-hydrogen) atoms. The van der Waals surface area contributed by atoms with E-state index in [1.54, 1.807) is 24.3 Å². The number of hydrogen-bond acceptors (Lipinski definition) is 18. The minimum atomic E-state index is -3.98. The van der Waals surface area contributed by atoms with E-state index in [4.69, 9.17) is 28.4 Å². The first-order valence-corrected chi connectivity index (χ1v) is 34.9. The summed E-state index contributed by atoms with van der Waals surface area (Å²) in [7, 11) is -11.6. The lowest BCUT2D eigenvalue weighted by molar-refractivity contribution is -0.164. The van der Waals surface area contributed by atoms with Gasteiger partial charge in [-0.05, 0) is 90.8 Å². The summed E-state index contributed by atoms with van der Waals surface area (Å²) in [5.41, 5.74) is 1.74. The molecule has 8 rings (SSSR count). The molecule has 4 aliphatic heterocycles. The van der Waals surface area contributed by atoms with E-state index in [-0.39, 0.29) is 109 Å². The number of benzene rings is 4. The molecule has 6 unspecified atom stereocenters. The molecule has 4 heterocycles. The predicted octanol–water partition coefficient (Wildman–Crippen LogP) is 5.25. The second-order valence-electron chi connectivity index (χ2n) is 23.2. The zero-order chi connectivity index (χ0) is 61.0. The first kappa shape index (κ1) is 66.5. The lowest BCUT2D eigenvalue weighted by Crippen LogP contribution is -2.47. The van der Waals surface area contributed by atoms with Crippen LogP contribution in [-0.2, 0) is 81.1 Å². The van der Waals surface area contributed by atoms with Crippen LogP contribution in [0.15, 0.2) is 119 Å². The third-order valence-electron chi connectivity index (χ3n) is 15.8. The maximum Gasteiger partial charge on any atom is 0.306 e. The molecule has 20 nitrogen and oxygen atoms in total. The van der Waals surface area contributed by atoms with Gasteiger partial charge in [-0.2, -0.15) is 8.61 Å². The maximum atomic E-state index is 13.6. The Bertz CT molecular complexity index is 3220. The van der Waals surface area contributed by atoms with Gasteiger partial charge in [-0.15, -0.1) is 0 Å². The largest absolute Gasteiger partial charge is 0.497 e. The van der Waals surface area contributed by atoms with Crippen molar-refractivity contribution < 1.29 is 81.9 Å². The molecule has 0 spiro atoms. The summed E-state index contributed by atoms with van der Waals surface area (Å²) in [5.74, 6) is -2.31. The number of fused-ring (bicyclic) bond motifs is 2. The first-order valence-electron chi connectivity index (χ1n) is 28.5. The van der Waals surface area contributed by atoms with Crippen LogP contribution in [0.25, 0.3) is 0 Å². The molecule has 2 N–H and O–H groups in total. The van der Waals surface area contributed by atoms with E-state index < -0.39 is 93.2 Å². The van der Waals surface area contributed by atoms with Crippen molar-refractivity contribution in [1.29, 1.82) is 0 Å². The number of nitrogens with zero attached hydrogens (tertiary/aromatic N) is 2. The van der Waals surface area contributed by atoms with Crippen molar-refractivity contribution in [2.75, 3.05) is 84.1 Å². The van der Waals surface area contributed by atoms with Gasteiger partial charge in [0.2, 0.25) is 20.0 Å². The summed E-state index contributed by atoms with van der Waals surface area (Å²) in [6.45, 7) is 8.21. The third-order valence-corrected chi connectivity index (χ3v) is 23.6. The van der Waals surface area contributed by atoms with Crippen LogP contribution < -0.4 is 9.47 Å². The second-order valence-corrected chi connectivity index (χ2v) is 31.5. The van der Waals surface area contributed by atoms with Crippen molar-refractivity contribution in [3.8, 4) is 11.5 Å². The van der Waals surface area contributed by atoms with Crippen LogP contribution in [0, 0.1) is 41.4 Å². The van der Waals surface area contributed by atoms with Crippen LogP contribution in [0.5, 0.6) is 11.5 Å². The van der Waals surface area contributed by atoms with Crippen LogP contribution >= 0.6 is 0 Å². The summed E-state index contributed by atoms with van der Waals surface area (Å²) < 4.78 is 140. The number of sulfone groups is 2. The SMILES string of the molecule is COc1ccc(S(=O)(=O)N(CC(C)C)C[C@@H](O)[C@@H](CC(=O)OC2COCC3CCS(=O)(=O)C32)Cc2ccccc2)cc1.COc1ccc(S(=O)(=O)N(CC(C)C)C[C@@H](O)[C@@H](CC(=O)OC2COCC3CS(=O)(=O)CC32)Cc2ccccc2)cc1. The number of carbonyl (C=O) groups excluding carboxylic acids is 2. The van der Waals surface area contributed by atoms with Crippen LogP contribution in [0.2, 0.25) is 0 Å². The van der Waals surface area contributed by atoms with Crippen LogP contribution in [0.1, 0.15) is 58.1 Å². The normalized spacial score (nSPS) is 23.3. The van der Waals surface area contributed by atoms with Gasteiger partial charge in [0.15, 0.2) is 19.7 Å². The van der Waals surface area contributed by atoms with Gasteiger partial charge in [0, 0.05) is 55.8 Å². The predicted molar refractivity (Wildman–Crippen MR) is 314 cm³/mol. The quantitative estimate of drug-likeness (QED) is 0.0760. The molecule has 0 amide bonds. The van der Waals surface area contributed by atoms with Crippen LogP contribution in [0.3, 0.4) is 0 Å². The number of esters is 2. The van der Waals surface area contributed by atoms with E-state index >= 15 is 0 Å². The second kappa shape index (κ2) is 29.6. The summed E-state index contributed by atoms with van der Waals surface area (Å²) in [6, 6.07) is 30.8. The molecule has 0 aliphatic carbocycles. The third kappa shape index (κ3) is 18.0. The molecular formula is C60H82N2O18S4. The summed E-state index contributed by atoms with van der Waals surface area (Å²) in [4.78, 5) is 26.6. The Balaban J connectivity index is 0.000000241. The number of aliphatic hydroxyl groups is 2. The highest BCUT2D eigenvalue weighted by atomic mass is 32.2. The number of aliphatic hydroxyl groups excluding tert-OH is 2. The fourth-order valence-electron chi connectivity index (χ4n) is 11.5. The average molecular weight is 1250 g/mol. The molecule has 4 fully saturated rings. The molecule has 0 bridgehead atoms. The highest BCUT2D eigenvalue weighted by Gasteiger charge is 2.50. The Morgan fingerprint density at radius 2 is 0.988 bits per heavy atom. The molecule has 4 aromatic rings. The molecule has 4 aliphatic rings. The van der Waals surface area contributed by atoms with Gasteiger partial charge in [-0.3, -0.25) is 9.59 Å². The fraction of sp³-hybridized carbons (Fsp3) is 0.567. The number of rotatable bonds is 26. The number of hydrogen-bond donors (Lipinski definition) is 2. The van der Waals surface area contributed by atoms with E-state index in [0.29, 0.717) is 44.0 Å². The van der Waals surface area contributed by atoms with E-state index in [2.05, 4.69) is 0 Å². The molecule has 0 radical (unpaired) electrons. The van der Waals surface area contributed by atoms with Gasteiger partial charge in [-0.25, -0.2) is 33.7 Å². The molecular weight excluding hydrogens is 1160 g/mol. The van der Waals surface area contributed by atoms with Crippen molar-refractivity contribution >= 4 is 51.7 Å². The Labute approximate surface area is 496 Å². The topological polar surface area (TPSA) is 273 Å². The lowest BCUT2D eigenvalue weighted by Gasteiger charge is -2.33. The zero-order valence-electron chi connectivity index (χ0n) is 48.6. The standard InChI is InChI=1S/2C30H41NO9S2/c1-21(2)15-31(42(36,37)26-11-9-25(38-3)10-12-26)16-28(32)23(13-22-7-5-4-6-8-22)14-30(33)40-29-18-39-17-24-19-41(34,35)20-27(24)29;1-21(2)17-31(42(36,37)26-11-9-25(38-3)10-12-26)18-27(32)24(15-22-7-5-4-6-8-22)16-29(33)40-28-20-39-19-23-13-14-41(34,35)30(23)28/h4-12,21,23-24,27-29,32H,13-20H2,1-3H3;4-12,21,23-24,27-28,30,32H,13-20H2,1-3H3/t23-,24?,27?,28-,29?;23?,24-,27-,28?,30?/m11/s1. The van der Waals surface area contributed by atoms with Crippen LogP contribution in [0.4, 0.5) is 0 Å². The Morgan fingerprint density at radius 1 is 0.571 bits per heavy atom. The minimum Gasteiger partial charge on any atom is -0.497 e. The fourth-order valence-corrected chi connectivity index (χ4v) is 19.3. The highest BCUT2D eigenvalue weighted by molar-refractivity contribution is 7.92. The van der Waals surface area contributed by atoms with Crippen LogP contribution in [-0.4, -0.2) is 178 Å². The molecule has 464 valence electrons. The van der Waals surface area contributed by atoms with Crippen molar-refractivity contribution in [1.82, 2.24) is 8.61 Å². The first-order chi connectivity index (χ1) is 39.8. The lowest BCUT2D eigenvalue weighted by atomic mass is 9.89. The van der Waals surface area contributed by atoms with Crippen molar-refractivity contribution in [3.05, 3.63) is 120 Å². The van der Waals surface area contributed by atoms with Gasteiger partial charge >= 0.3 is 11.9 Å². The molecule has 4 saturated heterocycles. The number of methoxy groups -OCH3 is 2. The van der Waals surface area contributed by atoms with Crippen molar-refractivity contribution in [2.24, 2.45) is 41.4 Å². The maximum absolute atomic E-state index is 13.6. The average Bonchev–Trinajstić information content (AvgIpc) is 3.52. The molecule has 0 saturated carbocycles. The smallest absolute Gasteiger partial charge is 0.306 e. The van der Waals surface area contributed by atoms with Gasteiger partial charge < -0.3 is 38.6 Å². The molecule has 0 aromatic heterocycles. The van der Waals surface area contributed by atoms with E-state index in [0.717, 1.165) is 11.1 Å². The summed E-state index contributed by atoms with van der Waals surface area (Å²) in [6.07, 6.45) is -3.30. The van der Waals surface area contributed by atoms with Gasteiger partial charge in [-0.1, -0.05) is 88.4 Å². The monoisotopic (exact) mass is 1250 g/mol. The number of carbonyl (C=O) groups is 2. The minimum absolute atomic E-state index is 0.000311. The molecule has 10 atom stereocenters. The molecule has 24 heteroatoms. The number of sulfonamides is 2. The van der Waals surface area contributed by atoms with Crippen molar-refractivity contribution in [3.63, 3.8) is 0 Å². The van der Waals surface area contributed by atoms with E-state index in [1.165, 1.54) is 47.1 Å². The summed E-state index contributed by atoms with van der Waals surface area (Å²) in [5, 5.41) is 22.2.